The Balaban J connectivity index is 2.02. The van der Waals surface area contributed by atoms with Gasteiger partial charge in [0.25, 0.3) is 10.0 Å². The van der Waals surface area contributed by atoms with Crippen molar-refractivity contribution < 1.29 is 8.42 Å². The van der Waals surface area contributed by atoms with E-state index in [-0.39, 0.29) is 0 Å². The molecule has 4 nitrogen and oxygen atoms in total. The molecule has 0 aliphatic rings. The van der Waals surface area contributed by atoms with Crippen LogP contribution in [0.5, 0.6) is 0 Å². The Morgan fingerprint density at radius 1 is 1.25 bits per heavy atom. The van der Waals surface area contributed by atoms with Crippen molar-refractivity contribution in [2.75, 3.05) is 4.72 Å². The van der Waals surface area contributed by atoms with Gasteiger partial charge in [-0.2, -0.15) is 0 Å². The van der Waals surface area contributed by atoms with Crippen LogP contribution in [-0.2, 0) is 10.0 Å². The molecule has 0 aliphatic heterocycles. The van der Waals surface area contributed by atoms with Gasteiger partial charge in [0.2, 0.25) is 0 Å². The highest BCUT2D eigenvalue weighted by molar-refractivity contribution is 7.94. The molecule has 0 atom stereocenters. The van der Waals surface area contributed by atoms with Crippen molar-refractivity contribution in [3.63, 3.8) is 0 Å². The van der Waals surface area contributed by atoms with E-state index in [2.05, 4.69) is 9.71 Å². The summed E-state index contributed by atoms with van der Waals surface area (Å²) >= 11 is 2.54. The maximum absolute atomic E-state index is 12.2. The molecule has 3 rings (SSSR count). The second-order valence-corrected chi connectivity index (χ2v) is 8.37. The summed E-state index contributed by atoms with van der Waals surface area (Å²) in [6.07, 6.45) is 0. The summed E-state index contributed by atoms with van der Waals surface area (Å²) < 4.78 is 28.1. The average molecular weight is 324 g/mol. The second-order valence-electron chi connectivity index (χ2n) is 4.49. The molecule has 1 N–H and O–H groups in total. The molecule has 0 saturated carbocycles. The van der Waals surface area contributed by atoms with Gasteiger partial charge in [0, 0.05) is 0 Å². The monoisotopic (exact) mass is 324 g/mol. The molecule has 0 spiro atoms. The highest BCUT2D eigenvalue weighted by Crippen LogP contribution is 2.31. The molecule has 1 aromatic carbocycles. The first-order chi connectivity index (χ1) is 9.45. The van der Waals surface area contributed by atoms with Crippen molar-refractivity contribution >= 4 is 48.0 Å². The lowest BCUT2D eigenvalue weighted by molar-refractivity contribution is 0.603. The van der Waals surface area contributed by atoms with Gasteiger partial charge in [0.1, 0.15) is 4.21 Å². The van der Waals surface area contributed by atoms with E-state index in [0.717, 1.165) is 21.3 Å². The zero-order valence-corrected chi connectivity index (χ0v) is 13.3. The van der Waals surface area contributed by atoms with Crippen molar-refractivity contribution in [2.24, 2.45) is 0 Å². The largest absolute Gasteiger partial charge is 0.273 e. The summed E-state index contributed by atoms with van der Waals surface area (Å²) in [5.74, 6) is 0. The lowest BCUT2D eigenvalue weighted by Gasteiger charge is -2.01. The Kier molecular flexibility index (Phi) is 3.27. The standard InChI is InChI=1S/C13H12N2O2S3/c1-8-6-9(2)12-10(7-8)19-13(14-12)15-20(16,17)11-4-3-5-18-11/h3-7H,1-2H3,(H,14,15). The van der Waals surface area contributed by atoms with Crippen molar-refractivity contribution in [2.45, 2.75) is 18.1 Å². The van der Waals surface area contributed by atoms with Gasteiger partial charge in [0.05, 0.1) is 10.2 Å². The van der Waals surface area contributed by atoms with E-state index < -0.39 is 10.0 Å². The number of aryl methyl sites for hydroxylation is 2. The predicted molar refractivity (Wildman–Crippen MR) is 84.2 cm³/mol. The fraction of sp³-hybridized carbons (Fsp3) is 0.154. The Morgan fingerprint density at radius 2 is 2.05 bits per heavy atom. The zero-order valence-electron chi connectivity index (χ0n) is 10.9. The van der Waals surface area contributed by atoms with E-state index >= 15 is 0 Å². The van der Waals surface area contributed by atoms with Crippen LogP contribution in [-0.4, -0.2) is 13.4 Å². The molecule has 2 aromatic heterocycles. The van der Waals surface area contributed by atoms with Crippen molar-refractivity contribution in [1.82, 2.24) is 4.98 Å². The zero-order chi connectivity index (χ0) is 14.3. The van der Waals surface area contributed by atoms with Crippen molar-refractivity contribution in [1.29, 1.82) is 0 Å². The summed E-state index contributed by atoms with van der Waals surface area (Å²) in [6, 6.07) is 7.35. The third kappa shape index (κ3) is 2.44. The summed E-state index contributed by atoms with van der Waals surface area (Å²) in [7, 11) is -3.52. The number of rotatable bonds is 3. The number of thiophene rings is 1. The van der Waals surface area contributed by atoms with Gasteiger partial charge in [0.15, 0.2) is 5.13 Å². The highest BCUT2D eigenvalue weighted by Gasteiger charge is 2.17. The van der Waals surface area contributed by atoms with E-state index in [9.17, 15) is 8.42 Å². The summed E-state index contributed by atoms with van der Waals surface area (Å²) in [5, 5.41) is 2.14. The average Bonchev–Trinajstić information content (AvgIpc) is 2.96. The van der Waals surface area contributed by atoms with Gasteiger partial charge in [-0.05, 0) is 42.5 Å². The van der Waals surface area contributed by atoms with Crippen molar-refractivity contribution in [3.05, 3.63) is 40.8 Å². The third-order valence-electron chi connectivity index (χ3n) is 2.81. The van der Waals surface area contributed by atoms with E-state index in [4.69, 9.17) is 0 Å². The molecule has 0 bridgehead atoms. The molecule has 7 heteroatoms. The molecule has 0 aliphatic carbocycles. The minimum Gasteiger partial charge on any atom is -0.254 e. The van der Waals surface area contributed by atoms with Gasteiger partial charge < -0.3 is 0 Å². The molecule has 104 valence electrons. The minimum absolute atomic E-state index is 0.296. The molecule has 0 fully saturated rings. The Labute approximate surface area is 125 Å². The highest BCUT2D eigenvalue weighted by atomic mass is 32.2. The molecule has 0 amide bonds. The Morgan fingerprint density at radius 3 is 2.75 bits per heavy atom. The number of thiazole rings is 1. The molecule has 20 heavy (non-hydrogen) atoms. The first-order valence-corrected chi connectivity index (χ1v) is 9.08. The summed E-state index contributed by atoms with van der Waals surface area (Å²) in [4.78, 5) is 4.38. The molecule has 0 radical (unpaired) electrons. The quantitative estimate of drug-likeness (QED) is 0.797. The van der Waals surface area contributed by atoms with Crippen LogP contribution in [0.2, 0.25) is 0 Å². The number of sulfonamides is 1. The van der Waals surface area contributed by atoms with Crippen LogP contribution >= 0.6 is 22.7 Å². The van der Waals surface area contributed by atoms with Crippen LogP contribution in [0.15, 0.2) is 33.9 Å². The van der Waals surface area contributed by atoms with E-state index in [0.29, 0.717) is 9.34 Å². The minimum atomic E-state index is -3.52. The normalized spacial score (nSPS) is 11.9. The van der Waals surface area contributed by atoms with Crippen LogP contribution in [0.25, 0.3) is 10.2 Å². The fourth-order valence-electron chi connectivity index (χ4n) is 2.00. The number of aromatic nitrogens is 1. The number of benzene rings is 1. The van der Waals surface area contributed by atoms with Gasteiger partial charge in [-0.1, -0.05) is 23.5 Å². The van der Waals surface area contributed by atoms with E-state index in [1.807, 2.05) is 26.0 Å². The SMILES string of the molecule is Cc1cc(C)c2nc(NS(=O)(=O)c3cccs3)sc2c1. The first kappa shape index (κ1) is 13.5. The van der Waals surface area contributed by atoms with Gasteiger partial charge in [-0.3, -0.25) is 4.72 Å². The van der Waals surface area contributed by atoms with Gasteiger partial charge >= 0.3 is 0 Å². The van der Waals surface area contributed by atoms with E-state index in [1.165, 1.54) is 22.7 Å². The fourth-order valence-corrected chi connectivity index (χ4v) is 5.27. The molecule has 0 unspecified atom stereocenters. The topological polar surface area (TPSA) is 59.1 Å². The van der Waals surface area contributed by atoms with Crippen LogP contribution in [0.3, 0.4) is 0 Å². The second kappa shape index (κ2) is 4.83. The van der Waals surface area contributed by atoms with E-state index in [1.54, 1.807) is 17.5 Å². The molecular formula is C13H12N2O2S3. The summed E-state index contributed by atoms with van der Waals surface area (Å²) in [5.41, 5.74) is 3.05. The number of anilines is 1. The predicted octanol–water partition coefficient (Wildman–Crippen LogP) is 3.78. The summed E-state index contributed by atoms with van der Waals surface area (Å²) in [6.45, 7) is 3.99. The molecule has 0 saturated heterocycles. The maximum atomic E-state index is 12.2. The number of nitrogens with zero attached hydrogens (tertiary/aromatic N) is 1. The lowest BCUT2D eigenvalue weighted by Crippen LogP contribution is -2.10. The van der Waals surface area contributed by atoms with Gasteiger partial charge in [-0.25, -0.2) is 13.4 Å². The van der Waals surface area contributed by atoms with Crippen LogP contribution in [0.1, 0.15) is 11.1 Å². The Bertz CT molecular complexity index is 865. The number of hydrogen-bond donors (Lipinski definition) is 1. The smallest absolute Gasteiger partial charge is 0.254 e. The molecule has 3 aromatic rings. The van der Waals surface area contributed by atoms with Crippen LogP contribution < -0.4 is 4.72 Å². The number of nitrogens with one attached hydrogen (secondary N) is 1. The lowest BCUT2D eigenvalue weighted by atomic mass is 10.1. The molecular weight excluding hydrogens is 312 g/mol. The van der Waals surface area contributed by atoms with Gasteiger partial charge in [-0.15, -0.1) is 11.3 Å². The number of hydrogen-bond acceptors (Lipinski definition) is 5. The van der Waals surface area contributed by atoms with Crippen molar-refractivity contribution in [3.8, 4) is 0 Å². The third-order valence-corrected chi connectivity index (χ3v) is 6.59. The van der Waals surface area contributed by atoms with Crippen LogP contribution in [0.4, 0.5) is 5.13 Å². The number of fused-ring (bicyclic) bond motifs is 1. The molecule has 2 heterocycles. The first-order valence-electron chi connectivity index (χ1n) is 5.90. The van der Waals surface area contributed by atoms with Crippen LogP contribution in [0, 0.1) is 13.8 Å². The Hall–Kier alpha value is -1.44. The maximum Gasteiger partial charge on any atom is 0.273 e.